The summed E-state index contributed by atoms with van der Waals surface area (Å²) in [4.78, 5) is 16.3. The van der Waals surface area contributed by atoms with E-state index in [-0.39, 0.29) is 5.91 Å². The highest BCUT2D eigenvalue weighted by molar-refractivity contribution is 5.91. The number of benzene rings is 2. The summed E-state index contributed by atoms with van der Waals surface area (Å²) >= 11 is 0. The quantitative estimate of drug-likeness (QED) is 0.560. The van der Waals surface area contributed by atoms with Crippen LogP contribution >= 0.6 is 0 Å². The van der Waals surface area contributed by atoms with Crippen molar-refractivity contribution in [2.24, 2.45) is 0 Å². The average Bonchev–Trinajstić information content (AvgIpc) is 2.77. The van der Waals surface area contributed by atoms with Gasteiger partial charge in [-0.05, 0) is 47.0 Å². The molecule has 1 amide bonds. The molecule has 29 heavy (non-hydrogen) atoms. The molecule has 0 aliphatic rings. The highest BCUT2D eigenvalue weighted by atomic mass is 16.5. The van der Waals surface area contributed by atoms with Crippen molar-refractivity contribution in [1.29, 1.82) is 0 Å². The molecule has 0 atom stereocenters. The van der Waals surface area contributed by atoms with E-state index in [0.717, 1.165) is 28.1 Å². The molecule has 0 aliphatic heterocycles. The molecule has 1 N–H and O–H groups in total. The summed E-state index contributed by atoms with van der Waals surface area (Å²) in [6.07, 6.45) is 5.05. The van der Waals surface area contributed by atoms with Crippen molar-refractivity contribution >= 4 is 12.0 Å². The van der Waals surface area contributed by atoms with Gasteiger partial charge < -0.3 is 14.8 Å². The van der Waals surface area contributed by atoms with Crippen molar-refractivity contribution in [2.75, 3.05) is 7.11 Å². The minimum Gasteiger partial charge on any atom is -0.487 e. The Labute approximate surface area is 171 Å². The second-order valence-corrected chi connectivity index (χ2v) is 6.48. The number of rotatable bonds is 9. The van der Waals surface area contributed by atoms with Crippen LogP contribution in [0.15, 0.2) is 79.0 Å². The molecule has 0 saturated carbocycles. The number of carbonyl (C=O) groups excluding carboxylic acids is 1. The Morgan fingerprint density at radius 1 is 1.00 bits per heavy atom. The van der Waals surface area contributed by atoms with Crippen molar-refractivity contribution in [3.63, 3.8) is 0 Å². The second-order valence-electron chi connectivity index (χ2n) is 6.48. The Balaban J connectivity index is 1.46. The standard InChI is InChI=1S/C24H24N2O3/c1-28-17-21-6-4-5-20(15-21)16-26-24(27)13-10-19-8-11-23(12-9-19)29-18-22-7-2-3-14-25-22/h2-15H,16-18H2,1H3,(H,26,27)/b13-10+. The van der Waals surface area contributed by atoms with Gasteiger partial charge in [0.05, 0.1) is 12.3 Å². The number of ether oxygens (including phenoxy) is 2. The number of carbonyl (C=O) groups is 1. The number of pyridine rings is 1. The van der Waals surface area contributed by atoms with Crippen molar-refractivity contribution in [1.82, 2.24) is 10.3 Å². The molecule has 0 fully saturated rings. The Hall–Kier alpha value is -3.44. The third kappa shape index (κ3) is 6.90. The van der Waals surface area contributed by atoms with Crippen LogP contribution in [0.5, 0.6) is 5.75 Å². The Morgan fingerprint density at radius 2 is 1.83 bits per heavy atom. The van der Waals surface area contributed by atoms with Crippen LogP contribution in [-0.4, -0.2) is 18.0 Å². The molecule has 3 aromatic rings. The first-order valence-electron chi connectivity index (χ1n) is 9.38. The summed E-state index contributed by atoms with van der Waals surface area (Å²) in [6.45, 7) is 1.45. The Kier molecular flexibility index (Phi) is 7.55. The van der Waals surface area contributed by atoms with Gasteiger partial charge in [-0.15, -0.1) is 0 Å². The second kappa shape index (κ2) is 10.8. The predicted molar refractivity (Wildman–Crippen MR) is 113 cm³/mol. The molecule has 0 spiro atoms. The molecule has 3 rings (SSSR count). The number of hydrogen-bond donors (Lipinski definition) is 1. The topological polar surface area (TPSA) is 60.5 Å². The van der Waals surface area contributed by atoms with Crippen molar-refractivity contribution in [2.45, 2.75) is 19.8 Å². The zero-order chi connectivity index (χ0) is 20.3. The summed E-state index contributed by atoms with van der Waals surface area (Å²) in [5.74, 6) is 0.616. The first-order valence-corrected chi connectivity index (χ1v) is 9.38. The molecule has 1 heterocycles. The lowest BCUT2D eigenvalue weighted by Gasteiger charge is -2.06. The molecule has 0 bridgehead atoms. The molecule has 0 saturated heterocycles. The van der Waals surface area contributed by atoms with E-state index in [1.165, 1.54) is 6.08 Å². The normalized spacial score (nSPS) is 10.8. The number of hydrogen-bond acceptors (Lipinski definition) is 4. The van der Waals surface area contributed by atoms with Crippen molar-refractivity contribution in [3.05, 3.63) is 101 Å². The maximum Gasteiger partial charge on any atom is 0.244 e. The van der Waals surface area contributed by atoms with E-state index in [4.69, 9.17) is 9.47 Å². The van der Waals surface area contributed by atoms with Gasteiger partial charge in [0.25, 0.3) is 0 Å². The fourth-order valence-electron chi connectivity index (χ4n) is 2.73. The van der Waals surface area contributed by atoms with E-state index in [2.05, 4.69) is 10.3 Å². The van der Waals surface area contributed by atoms with Crippen LogP contribution in [0.3, 0.4) is 0 Å². The van der Waals surface area contributed by atoms with Crippen LogP contribution in [0.2, 0.25) is 0 Å². The third-order valence-corrected chi connectivity index (χ3v) is 4.19. The number of aromatic nitrogens is 1. The van der Waals surface area contributed by atoms with Crippen LogP contribution in [0.25, 0.3) is 6.08 Å². The average molecular weight is 388 g/mol. The lowest BCUT2D eigenvalue weighted by Crippen LogP contribution is -2.20. The lowest BCUT2D eigenvalue weighted by molar-refractivity contribution is -0.116. The molecule has 0 unspecified atom stereocenters. The number of amides is 1. The molecule has 0 radical (unpaired) electrons. The van der Waals surface area contributed by atoms with Gasteiger partial charge in [0.1, 0.15) is 12.4 Å². The van der Waals surface area contributed by atoms with Gasteiger partial charge in [-0.2, -0.15) is 0 Å². The van der Waals surface area contributed by atoms with Crippen LogP contribution < -0.4 is 10.1 Å². The molecule has 2 aromatic carbocycles. The summed E-state index contributed by atoms with van der Waals surface area (Å²) < 4.78 is 10.8. The SMILES string of the molecule is COCc1cccc(CNC(=O)/C=C/c2ccc(OCc3ccccn3)cc2)c1. The maximum absolute atomic E-state index is 12.1. The minimum absolute atomic E-state index is 0.141. The zero-order valence-corrected chi connectivity index (χ0v) is 16.4. The van der Waals surface area contributed by atoms with Gasteiger partial charge in [0, 0.05) is 25.9 Å². The smallest absolute Gasteiger partial charge is 0.244 e. The first-order chi connectivity index (χ1) is 14.2. The Morgan fingerprint density at radius 3 is 2.59 bits per heavy atom. The van der Waals surface area contributed by atoms with E-state index in [9.17, 15) is 4.79 Å². The van der Waals surface area contributed by atoms with Gasteiger partial charge in [0.2, 0.25) is 5.91 Å². The van der Waals surface area contributed by atoms with Crippen molar-refractivity contribution in [3.8, 4) is 5.75 Å². The Bertz CT molecular complexity index is 938. The van der Waals surface area contributed by atoms with E-state index >= 15 is 0 Å². The van der Waals surface area contributed by atoms with E-state index in [0.29, 0.717) is 19.8 Å². The largest absolute Gasteiger partial charge is 0.487 e. The van der Waals surface area contributed by atoms with Gasteiger partial charge in [-0.3, -0.25) is 9.78 Å². The lowest BCUT2D eigenvalue weighted by atomic mass is 10.1. The molecular weight excluding hydrogens is 364 g/mol. The first kappa shape index (κ1) is 20.3. The molecule has 0 aliphatic carbocycles. The van der Waals surface area contributed by atoms with E-state index in [1.54, 1.807) is 19.4 Å². The monoisotopic (exact) mass is 388 g/mol. The summed E-state index contributed by atoms with van der Waals surface area (Å²) in [5.41, 5.74) is 3.92. The van der Waals surface area contributed by atoms with Gasteiger partial charge in [0.15, 0.2) is 0 Å². The number of nitrogens with one attached hydrogen (secondary N) is 1. The van der Waals surface area contributed by atoms with Gasteiger partial charge >= 0.3 is 0 Å². The van der Waals surface area contributed by atoms with Crippen molar-refractivity contribution < 1.29 is 14.3 Å². The van der Waals surface area contributed by atoms with E-state index in [1.807, 2.05) is 66.7 Å². The zero-order valence-electron chi connectivity index (χ0n) is 16.4. The predicted octanol–water partition coefficient (Wildman–Crippen LogP) is 4.14. The number of nitrogens with zero attached hydrogens (tertiary/aromatic N) is 1. The third-order valence-electron chi connectivity index (χ3n) is 4.19. The molecule has 5 heteroatoms. The van der Waals surface area contributed by atoms with E-state index < -0.39 is 0 Å². The summed E-state index contributed by atoms with van der Waals surface area (Å²) in [7, 11) is 1.67. The molecular formula is C24H24N2O3. The highest BCUT2D eigenvalue weighted by Gasteiger charge is 2.00. The van der Waals surface area contributed by atoms with Crippen LogP contribution in [-0.2, 0) is 29.3 Å². The van der Waals surface area contributed by atoms with Gasteiger partial charge in [-0.1, -0.05) is 42.5 Å². The minimum atomic E-state index is -0.141. The summed E-state index contributed by atoms with van der Waals surface area (Å²) in [5, 5.41) is 2.89. The number of methoxy groups -OCH3 is 1. The van der Waals surface area contributed by atoms with Crippen LogP contribution in [0.1, 0.15) is 22.4 Å². The van der Waals surface area contributed by atoms with Crippen LogP contribution in [0.4, 0.5) is 0 Å². The fraction of sp³-hybridized carbons (Fsp3) is 0.167. The van der Waals surface area contributed by atoms with Crippen LogP contribution in [0, 0.1) is 0 Å². The summed E-state index contributed by atoms with van der Waals surface area (Å²) in [6, 6.07) is 21.3. The molecule has 1 aromatic heterocycles. The van der Waals surface area contributed by atoms with Gasteiger partial charge in [-0.25, -0.2) is 0 Å². The molecule has 148 valence electrons. The fourth-order valence-corrected chi connectivity index (χ4v) is 2.73. The highest BCUT2D eigenvalue weighted by Crippen LogP contribution is 2.14. The molecule has 5 nitrogen and oxygen atoms in total. The maximum atomic E-state index is 12.1.